The number of benzene rings is 1. The van der Waals surface area contributed by atoms with Crippen LogP contribution in [0.1, 0.15) is 53.3 Å². The molecule has 0 bridgehead atoms. The highest BCUT2D eigenvalue weighted by molar-refractivity contribution is 6.34. The highest BCUT2D eigenvalue weighted by Crippen LogP contribution is 2.40. The number of carbonyl (C=O) groups is 1. The van der Waals surface area contributed by atoms with E-state index < -0.39 is 46.2 Å². The fourth-order valence-electron chi connectivity index (χ4n) is 3.56. The normalized spacial score (nSPS) is 23.4. The Balaban J connectivity index is 1.94. The highest BCUT2D eigenvalue weighted by Gasteiger charge is 2.43. The third-order valence-corrected chi connectivity index (χ3v) is 5.52. The highest BCUT2D eigenvalue weighted by atomic mass is 35.5. The van der Waals surface area contributed by atoms with E-state index in [0.29, 0.717) is 11.6 Å². The number of nitrogens with zero attached hydrogens (tertiary/aromatic N) is 1. The molecule has 0 aliphatic heterocycles. The average Bonchev–Trinajstić information content (AvgIpc) is 2.68. The molecule has 2 aromatic rings. The van der Waals surface area contributed by atoms with Crippen molar-refractivity contribution < 1.29 is 27.5 Å². The van der Waals surface area contributed by atoms with Crippen molar-refractivity contribution in [1.29, 1.82) is 0 Å². The van der Waals surface area contributed by atoms with Gasteiger partial charge in [-0.05, 0) is 37.3 Å². The van der Waals surface area contributed by atoms with E-state index >= 15 is 0 Å². The van der Waals surface area contributed by atoms with Crippen LogP contribution in [0.5, 0.6) is 0 Å². The second-order valence-electron chi connectivity index (χ2n) is 7.11. The van der Waals surface area contributed by atoms with Crippen LogP contribution in [0.2, 0.25) is 5.02 Å². The predicted octanol–water partition coefficient (Wildman–Crippen LogP) is 4.87. The molecule has 1 unspecified atom stereocenters. The van der Waals surface area contributed by atoms with Gasteiger partial charge >= 0.3 is 6.18 Å². The minimum atomic E-state index is -4.74. The summed E-state index contributed by atoms with van der Waals surface area (Å²) in [6.45, 7) is 0. The van der Waals surface area contributed by atoms with Crippen LogP contribution in [0.15, 0.2) is 42.6 Å². The van der Waals surface area contributed by atoms with E-state index in [9.17, 15) is 27.5 Å². The topological polar surface area (TPSA) is 62.2 Å². The van der Waals surface area contributed by atoms with Gasteiger partial charge in [0.25, 0.3) is 5.91 Å². The Bertz CT molecular complexity index is 869. The minimum Gasteiger partial charge on any atom is -0.387 e. The van der Waals surface area contributed by atoms with Gasteiger partial charge in [-0.3, -0.25) is 4.79 Å². The van der Waals surface area contributed by atoms with Gasteiger partial charge in [0, 0.05) is 6.20 Å². The quantitative estimate of drug-likeness (QED) is 0.680. The standard InChI is InChI=1S/C20H19ClF4N2O2/c21-15-14(20(23,24)25)8-11-26-16(15)18(28)27-17(12-4-2-1-3-5-12)19(29)9-6-13(22)7-10-19/h1-5,8,11,13,17,29H,6-7,9-10H2,(H,27,28)/t13-,17?,19-. The summed E-state index contributed by atoms with van der Waals surface area (Å²) in [7, 11) is 0. The lowest BCUT2D eigenvalue weighted by atomic mass is 9.76. The smallest absolute Gasteiger partial charge is 0.387 e. The Labute approximate surface area is 169 Å². The van der Waals surface area contributed by atoms with Crippen LogP contribution < -0.4 is 5.32 Å². The van der Waals surface area contributed by atoms with Gasteiger partial charge in [0.05, 0.1) is 22.2 Å². The van der Waals surface area contributed by atoms with Crippen molar-refractivity contribution in [3.63, 3.8) is 0 Å². The molecule has 3 rings (SSSR count). The number of alkyl halides is 4. The van der Waals surface area contributed by atoms with Crippen LogP contribution in [0.25, 0.3) is 0 Å². The molecule has 29 heavy (non-hydrogen) atoms. The molecule has 1 aromatic carbocycles. The van der Waals surface area contributed by atoms with Gasteiger partial charge in [0.2, 0.25) is 0 Å². The summed E-state index contributed by atoms with van der Waals surface area (Å²) in [6, 6.07) is 8.22. The summed E-state index contributed by atoms with van der Waals surface area (Å²) in [5, 5.41) is 12.9. The molecule has 1 aliphatic rings. The van der Waals surface area contributed by atoms with Crippen LogP contribution in [0.3, 0.4) is 0 Å². The fourth-order valence-corrected chi connectivity index (χ4v) is 3.87. The van der Waals surface area contributed by atoms with E-state index in [2.05, 4.69) is 10.3 Å². The molecule has 1 atom stereocenters. The van der Waals surface area contributed by atoms with Crippen molar-refractivity contribution in [1.82, 2.24) is 10.3 Å². The van der Waals surface area contributed by atoms with Gasteiger partial charge in [-0.25, -0.2) is 9.37 Å². The number of hydrogen-bond acceptors (Lipinski definition) is 3. The first-order valence-corrected chi connectivity index (χ1v) is 9.43. The van der Waals surface area contributed by atoms with Crippen molar-refractivity contribution in [2.24, 2.45) is 0 Å². The summed E-state index contributed by atoms with van der Waals surface area (Å²) in [4.78, 5) is 16.5. The van der Waals surface area contributed by atoms with Gasteiger partial charge in [-0.1, -0.05) is 41.9 Å². The van der Waals surface area contributed by atoms with E-state index in [1.165, 1.54) is 0 Å². The molecule has 4 nitrogen and oxygen atoms in total. The number of carbonyl (C=O) groups excluding carboxylic acids is 1. The van der Waals surface area contributed by atoms with Crippen LogP contribution in [0, 0.1) is 0 Å². The van der Waals surface area contributed by atoms with E-state index in [-0.39, 0.29) is 25.7 Å². The number of nitrogens with one attached hydrogen (secondary N) is 1. The first-order chi connectivity index (χ1) is 13.6. The number of rotatable bonds is 4. The van der Waals surface area contributed by atoms with Crippen molar-refractivity contribution in [3.05, 3.63) is 64.4 Å². The van der Waals surface area contributed by atoms with Crippen LogP contribution >= 0.6 is 11.6 Å². The van der Waals surface area contributed by atoms with Crippen molar-refractivity contribution in [2.75, 3.05) is 0 Å². The van der Waals surface area contributed by atoms with E-state index in [1.807, 2.05) is 0 Å². The SMILES string of the molecule is O=C(NC(c1ccccc1)[C@]1(O)CC[C@H](F)CC1)c1nccc(C(F)(F)F)c1Cl. The number of hydrogen-bond donors (Lipinski definition) is 2. The molecule has 1 amide bonds. The molecule has 9 heteroatoms. The number of halogens is 5. The molecule has 0 radical (unpaired) electrons. The van der Waals surface area contributed by atoms with Gasteiger partial charge < -0.3 is 10.4 Å². The Morgan fingerprint density at radius 1 is 1.21 bits per heavy atom. The van der Waals surface area contributed by atoms with E-state index in [1.54, 1.807) is 30.3 Å². The average molecular weight is 431 g/mol. The molecule has 0 spiro atoms. The van der Waals surface area contributed by atoms with Crippen molar-refractivity contribution in [3.8, 4) is 0 Å². The van der Waals surface area contributed by atoms with Gasteiger partial charge in [0.15, 0.2) is 0 Å². The van der Waals surface area contributed by atoms with Gasteiger partial charge in [0.1, 0.15) is 11.9 Å². The molecule has 1 fully saturated rings. The number of amides is 1. The maximum absolute atomic E-state index is 13.6. The Kier molecular flexibility index (Phi) is 6.14. The van der Waals surface area contributed by atoms with E-state index in [4.69, 9.17) is 11.6 Å². The molecule has 1 saturated carbocycles. The van der Waals surface area contributed by atoms with E-state index in [0.717, 1.165) is 6.20 Å². The molecule has 156 valence electrons. The number of aliphatic hydroxyl groups is 1. The lowest BCUT2D eigenvalue weighted by molar-refractivity contribution is -0.137. The Hall–Kier alpha value is -2.19. The Morgan fingerprint density at radius 3 is 2.41 bits per heavy atom. The maximum atomic E-state index is 13.6. The first kappa shape index (κ1) is 21.5. The summed E-state index contributed by atoms with van der Waals surface area (Å²) >= 11 is 5.80. The van der Waals surface area contributed by atoms with Gasteiger partial charge in [-0.15, -0.1) is 0 Å². The largest absolute Gasteiger partial charge is 0.417 e. The van der Waals surface area contributed by atoms with Crippen LogP contribution in [-0.2, 0) is 6.18 Å². The summed E-state index contributed by atoms with van der Waals surface area (Å²) < 4.78 is 52.9. The summed E-state index contributed by atoms with van der Waals surface area (Å²) in [6.07, 6.45) is -4.50. The predicted molar refractivity (Wildman–Crippen MR) is 99.2 cm³/mol. The molecule has 1 heterocycles. The zero-order valence-electron chi connectivity index (χ0n) is 15.2. The van der Waals surface area contributed by atoms with Crippen molar-refractivity contribution in [2.45, 2.75) is 49.7 Å². The lowest BCUT2D eigenvalue weighted by Crippen LogP contribution is -2.48. The van der Waals surface area contributed by atoms with Crippen LogP contribution in [-0.4, -0.2) is 27.8 Å². The Morgan fingerprint density at radius 2 is 1.83 bits per heavy atom. The molecule has 2 N–H and O–H groups in total. The molecular formula is C20H19ClF4N2O2. The monoisotopic (exact) mass is 430 g/mol. The number of aromatic nitrogens is 1. The second-order valence-corrected chi connectivity index (χ2v) is 7.49. The van der Waals surface area contributed by atoms with Crippen LogP contribution in [0.4, 0.5) is 17.6 Å². The molecule has 1 aliphatic carbocycles. The number of pyridine rings is 1. The first-order valence-electron chi connectivity index (χ1n) is 9.06. The molecular weight excluding hydrogens is 412 g/mol. The van der Waals surface area contributed by atoms with Crippen molar-refractivity contribution >= 4 is 17.5 Å². The zero-order chi connectivity index (χ0) is 21.2. The lowest BCUT2D eigenvalue weighted by Gasteiger charge is -2.40. The zero-order valence-corrected chi connectivity index (χ0v) is 16.0. The third-order valence-electron chi connectivity index (χ3n) is 5.14. The molecule has 1 aromatic heterocycles. The maximum Gasteiger partial charge on any atom is 0.417 e. The minimum absolute atomic E-state index is 0.0950. The molecule has 0 saturated heterocycles. The third kappa shape index (κ3) is 4.70. The summed E-state index contributed by atoms with van der Waals surface area (Å²) in [5.74, 6) is -0.953. The summed E-state index contributed by atoms with van der Waals surface area (Å²) in [5.41, 5.74) is -2.67. The second kappa shape index (κ2) is 8.28. The fraction of sp³-hybridized carbons (Fsp3) is 0.400. The van der Waals surface area contributed by atoms with Gasteiger partial charge in [-0.2, -0.15) is 13.2 Å².